The lowest BCUT2D eigenvalue weighted by Gasteiger charge is -2.34. The quantitative estimate of drug-likeness (QED) is 0.397. The zero-order valence-electron chi connectivity index (χ0n) is 10.4. The molecule has 20 heavy (non-hydrogen) atoms. The smallest absolute Gasteiger partial charge is 0.144 e. The van der Waals surface area contributed by atoms with Crippen molar-refractivity contribution in [3.63, 3.8) is 0 Å². The van der Waals surface area contributed by atoms with Crippen LogP contribution in [-0.4, -0.2) is 27.1 Å². The zero-order chi connectivity index (χ0) is 15.1. The molecule has 1 aliphatic carbocycles. The van der Waals surface area contributed by atoms with Gasteiger partial charge in [0, 0.05) is 29.1 Å². The molecule has 1 aromatic carbocycles. The number of phenolic OH excluding ortho intramolecular Hbond substituents is 3. The first-order chi connectivity index (χ1) is 9.28. The molecule has 7 heteroatoms. The van der Waals surface area contributed by atoms with E-state index in [9.17, 15) is 20.1 Å². The van der Waals surface area contributed by atoms with Crippen molar-refractivity contribution in [1.82, 2.24) is 0 Å². The highest BCUT2D eigenvalue weighted by molar-refractivity contribution is 5.75. The number of rotatable bonds is 2. The lowest BCUT2D eigenvalue weighted by atomic mass is 9.74. The van der Waals surface area contributed by atoms with Gasteiger partial charge in [0.05, 0.1) is 5.92 Å². The van der Waals surface area contributed by atoms with Gasteiger partial charge in [0.2, 0.25) is 0 Å². The molecule has 0 aromatic heterocycles. The Kier molecular flexibility index (Phi) is 3.07. The van der Waals surface area contributed by atoms with Crippen molar-refractivity contribution in [1.29, 1.82) is 0 Å². The van der Waals surface area contributed by atoms with Crippen LogP contribution in [0.25, 0.3) is 0 Å². The van der Waals surface area contributed by atoms with E-state index in [2.05, 4.69) is 0 Å². The minimum atomic E-state index is -1.60. The van der Waals surface area contributed by atoms with Gasteiger partial charge < -0.3 is 37.3 Å². The van der Waals surface area contributed by atoms with Crippen LogP contribution >= 0.6 is 0 Å². The lowest BCUT2D eigenvalue weighted by molar-refractivity contribution is -0.111. The van der Waals surface area contributed by atoms with Crippen LogP contribution in [0.4, 0.5) is 0 Å². The van der Waals surface area contributed by atoms with Crippen LogP contribution in [0.15, 0.2) is 35.7 Å². The van der Waals surface area contributed by atoms with E-state index in [-0.39, 0.29) is 22.7 Å². The molecule has 2 unspecified atom stereocenters. The molecule has 0 spiro atoms. The molecule has 106 valence electrons. The van der Waals surface area contributed by atoms with E-state index < -0.39 is 23.0 Å². The summed E-state index contributed by atoms with van der Waals surface area (Å²) < 4.78 is 0. The standard InChI is InChI=1S/C13H15N3O4/c14-6-1-8(15)12(13(16,4-6)5-17)11-9(19)2-7(18)3-10(11)20/h1-5,12,18-20H,14-16H2. The van der Waals surface area contributed by atoms with E-state index in [1.54, 1.807) is 0 Å². The molecule has 0 saturated heterocycles. The van der Waals surface area contributed by atoms with Crippen molar-refractivity contribution in [2.24, 2.45) is 17.2 Å². The van der Waals surface area contributed by atoms with Gasteiger partial charge in [-0.25, -0.2) is 0 Å². The molecule has 0 radical (unpaired) electrons. The fourth-order valence-corrected chi connectivity index (χ4v) is 2.40. The highest BCUT2D eigenvalue weighted by Gasteiger charge is 2.41. The molecule has 7 nitrogen and oxygen atoms in total. The average molecular weight is 277 g/mol. The largest absolute Gasteiger partial charge is 0.508 e. The van der Waals surface area contributed by atoms with Gasteiger partial charge in [-0.3, -0.25) is 0 Å². The third-order valence-corrected chi connectivity index (χ3v) is 3.20. The van der Waals surface area contributed by atoms with Gasteiger partial charge in [-0.1, -0.05) is 0 Å². The molecule has 0 aliphatic heterocycles. The Hall–Kier alpha value is -2.67. The molecule has 2 atom stereocenters. The molecule has 0 saturated carbocycles. The first-order valence-corrected chi connectivity index (χ1v) is 5.74. The van der Waals surface area contributed by atoms with Gasteiger partial charge in [-0.05, 0) is 12.2 Å². The van der Waals surface area contributed by atoms with Crippen LogP contribution in [0.3, 0.4) is 0 Å². The number of benzene rings is 1. The number of nitrogens with two attached hydrogens (primary N) is 3. The van der Waals surface area contributed by atoms with Crippen molar-refractivity contribution >= 4 is 6.29 Å². The Morgan fingerprint density at radius 2 is 1.70 bits per heavy atom. The third kappa shape index (κ3) is 2.04. The molecule has 0 fully saturated rings. The molecule has 0 amide bonds. The van der Waals surface area contributed by atoms with Crippen LogP contribution in [0.2, 0.25) is 0 Å². The topological polar surface area (TPSA) is 156 Å². The molecule has 9 N–H and O–H groups in total. The van der Waals surface area contributed by atoms with Crippen LogP contribution in [-0.2, 0) is 4.79 Å². The molecule has 1 aliphatic rings. The summed E-state index contributed by atoms with van der Waals surface area (Å²) in [4.78, 5) is 11.3. The molecule has 0 bridgehead atoms. The van der Waals surface area contributed by atoms with Crippen molar-refractivity contribution in [2.75, 3.05) is 0 Å². The van der Waals surface area contributed by atoms with Crippen molar-refractivity contribution in [3.8, 4) is 17.2 Å². The fraction of sp³-hybridized carbons (Fsp3) is 0.154. The van der Waals surface area contributed by atoms with E-state index in [1.807, 2.05) is 0 Å². The maximum absolute atomic E-state index is 11.3. The average Bonchev–Trinajstić information content (AvgIpc) is 2.31. The van der Waals surface area contributed by atoms with Gasteiger partial charge in [0.25, 0.3) is 0 Å². The Morgan fingerprint density at radius 3 is 2.20 bits per heavy atom. The van der Waals surface area contributed by atoms with E-state index in [0.717, 1.165) is 12.1 Å². The SMILES string of the molecule is NC1=CC(N)(C=O)C(c2c(O)cc(O)cc2O)C(N)=C1. The van der Waals surface area contributed by atoms with Crippen LogP contribution in [0, 0.1) is 0 Å². The summed E-state index contributed by atoms with van der Waals surface area (Å²) in [6.45, 7) is 0. The number of aromatic hydroxyl groups is 3. The molecule has 2 rings (SSSR count). The predicted octanol–water partition coefficient (Wildman–Crippen LogP) is -0.518. The lowest BCUT2D eigenvalue weighted by Crippen LogP contribution is -2.49. The summed E-state index contributed by atoms with van der Waals surface area (Å²) in [6, 6.07) is 2.05. The Bertz CT molecular complexity index is 615. The van der Waals surface area contributed by atoms with E-state index >= 15 is 0 Å². The summed E-state index contributed by atoms with van der Waals surface area (Å²) in [5.74, 6) is -2.16. The van der Waals surface area contributed by atoms with Gasteiger partial charge in [0.1, 0.15) is 29.1 Å². The van der Waals surface area contributed by atoms with E-state index in [4.69, 9.17) is 17.2 Å². The molecular weight excluding hydrogens is 262 g/mol. The number of allylic oxidation sites excluding steroid dienone is 1. The zero-order valence-corrected chi connectivity index (χ0v) is 10.4. The summed E-state index contributed by atoms with van der Waals surface area (Å²) in [6.07, 6.45) is 3.13. The number of carbonyl (C=O) groups is 1. The third-order valence-electron chi connectivity index (χ3n) is 3.20. The Morgan fingerprint density at radius 1 is 1.15 bits per heavy atom. The number of hydrogen-bond donors (Lipinski definition) is 6. The fourth-order valence-electron chi connectivity index (χ4n) is 2.40. The van der Waals surface area contributed by atoms with Gasteiger partial charge in [-0.15, -0.1) is 0 Å². The summed E-state index contributed by atoms with van der Waals surface area (Å²) in [7, 11) is 0. The maximum atomic E-state index is 11.3. The first-order valence-electron chi connectivity index (χ1n) is 5.74. The summed E-state index contributed by atoms with van der Waals surface area (Å²) in [5.41, 5.74) is 16.1. The molecule has 1 aromatic rings. The van der Waals surface area contributed by atoms with Crippen molar-refractivity contribution in [3.05, 3.63) is 41.2 Å². The first kappa shape index (κ1) is 13.8. The normalized spacial score (nSPS) is 25.8. The Balaban J connectivity index is 2.68. The Labute approximate surface area is 114 Å². The van der Waals surface area contributed by atoms with Crippen LogP contribution in [0.1, 0.15) is 11.5 Å². The second-order valence-electron chi connectivity index (χ2n) is 4.74. The minimum Gasteiger partial charge on any atom is -0.508 e. The summed E-state index contributed by atoms with van der Waals surface area (Å²) >= 11 is 0. The van der Waals surface area contributed by atoms with Crippen LogP contribution in [0.5, 0.6) is 17.2 Å². The summed E-state index contributed by atoms with van der Waals surface area (Å²) in [5, 5.41) is 29.1. The van der Waals surface area contributed by atoms with E-state index in [1.165, 1.54) is 12.2 Å². The van der Waals surface area contributed by atoms with Crippen molar-refractivity contribution < 1.29 is 20.1 Å². The second kappa shape index (κ2) is 4.46. The monoisotopic (exact) mass is 277 g/mol. The number of carbonyl (C=O) groups excluding carboxylic acids is 1. The highest BCUT2D eigenvalue weighted by Crippen LogP contribution is 2.45. The molecule has 0 heterocycles. The predicted molar refractivity (Wildman–Crippen MR) is 71.7 cm³/mol. The number of hydrogen-bond acceptors (Lipinski definition) is 7. The van der Waals surface area contributed by atoms with Crippen molar-refractivity contribution in [2.45, 2.75) is 11.5 Å². The van der Waals surface area contributed by atoms with Gasteiger partial charge >= 0.3 is 0 Å². The minimum absolute atomic E-state index is 0.0464. The highest BCUT2D eigenvalue weighted by atomic mass is 16.3. The molecular formula is C13H15N3O4. The number of aldehydes is 1. The van der Waals surface area contributed by atoms with Crippen LogP contribution < -0.4 is 17.2 Å². The number of phenols is 3. The maximum Gasteiger partial charge on any atom is 0.144 e. The van der Waals surface area contributed by atoms with Gasteiger partial charge in [-0.2, -0.15) is 0 Å². The second-order valence-corrected chi connectivity index (χ2v) is 4.74. The van der Waals surface area contributed by atoms with E-state index in [0.29, 0.717) is 6.29 Å². The van der Waals surface area contributed by atoms with Gasteiger partial charge in [0.15, 0.2) is 0 Å².